The Bertz CT molecular complexity index is 1470. The minimum atomic E-state index is -3.47. The zero-order valence-corrected chi connectivity index (χ0v) is 21.1. The lowest BCUT2D eigenvalue weighted by molar-refractivity contribution is 0.485. The molecule has 0 radical (unpaired) electrons. The van der Waals surface area contributed by atoms with Crippen molar-refractivity contribution in [1.29, 1.82) is 0 Å². The monoisotopic (exact) mass is 508 g/mol. The largest absolute Gasteiger partial charge is 0.369 e. The molecule has 1 saturated heterocycles. The van der Waals surface area contributed by atoms with Gasteiger partial charge in [-0.05, 0) is 37.3 Å². The Kier molecular flexibility index (Phi) is 6.41. The number of piperazine rings is 1. The Labute approximate surface area is 209 Å². The minimum Gasteiger partial charge on any atom is -0.369 e. The molecule has 0 bridgehead atoms. The normalized spacial score (nSPS) is 16.3. The van der Waals surface area contributed by atoms with Gasteiger partial charge in [0.2, 0.25) is 16.0 Å². The Morgan fingerprint density at radius 1 is 1.19 bits per heavy atom. The molecule has 4 heterocycles. The summed E-state index contributed by atoms with van der Waals surface area (Å²) in [6, 6.07) is 12.2. The fourth-order valence-electron chi connectivity index (χ4n) is 4.15. The standard InChI is InChI=1S/C23H28N10O2S/c1-16-14-32(12-11-24-16)19-8-6-18(7-9-19)27-23-26-13-20-22(28-23)33(30-29-20)15-17-5-4-10-25-21(17)31(2)36(3,34)35/h4-10,13,16,24H,11-12,14-15H2,1-3H3,(H,26,27,28)/t16-/m0/s1. The molecule has 3 aromatic heterocycles. The van der Waals surface area contributed by atoms with Crippen LogP contribution in [0.25, 0.3) is 11.2 Å². The van der Waals surface area contributed by atoms with Crippen LogP contribution in [0.4, 0.5) is 23.1 Å². The molecule has 12 nitrogen and oxygen atoms in total. The molecule has 1 aliphatic heterocycles. The van der Waals surface area contributed by atoms with Gasteiger partial charge in [-0.3, -0.25) is 4.31 Å². The zero-order chi connectivity index (χ0) is 25.3. The summed E-state index contributed by atoms with van der Waals surface area (Å²) in [4.78, 5) is 15.6. The van der Waals surface area contributed by atoms with Crippen molar-refractivity contribution in [2.45, 2.75) is 19.5 Å². The first kappa shape index (κ1) is 23.9. The topological polar surface area (TPSA) is 134 Å². The van der Waals surface area contributed by atoms with Crippen LogP contribution in [-0.4, -0.2) is 77.3 Å². The van der Waals surface area contributed by atoms with Crippen LogP contribution in [0.5, 0.6) is 0 Å². The summed E-state index contributed by atoms with van der Waals surface area (Å²) < 4.78 is 26.9. The van der Waals surface area contributed by atoms with Gasteiger partial charge in [0.1, 0.15) is 5.82 Å². The van der Waals surface area contributed by atoms with Gasteiger partial charge in [-0.25, -0.2) is 23.1 Å². The molecule has 0 amide bonds. The van der Waals surface area contributed by atoms with Crippen molar-refractivity contribution < 1.29 is 8.42 Å². The number of benzene rings is 1. The van der Waals surface area contributed by atoms with E-state index in [0.29, 0.717) is 34.5 Å². The molecular formula is C23H28N10O2S. The average Bonchev–Trinajstić information content (AvgIpc) is 3.26. The highest BCUT2D eigenvalue weighted by Gasteiger charge is 2.19. The van der Waals surface area contributed by atoms with Crippen molar-refractivity contribution in [3.05, 3.63) is 54.4 Å². The Hall–Kier alpha value is -3.84. The van der Waals surface area contributed by atoms with Crippen molar-refractivity contribution in [3.8, 4) is 0 Å². The summed E-state index contributed by atoms with van der Waals surface area (Å²) in [7, 11) is -2.00. The van der Waals surface area contributed by atoms with Crippen LogP contribution in [-0.2, 0) is 16.6 Å². The molecule has 0 spiro atoms. The van der Waals surface area contributed by atoms with Crippen LogP contribution in [0.15, 0.2) is 48.8 Å². The van der Waals surface area contributed by atoms with E-state index in [4.69, 9.17) is 0 Å². The van der Waals surface area contributed by atoms with Crippen molar-refractivity contribution in [1.82, 2.24) is 35.3 Å². The van der Waals surface area contributed by atoms with Crippen LogP contribution < -0.4 is 19.8 Å². The maximum Gasteiger partial charge on any atom is 0.233 e. The van der Waals surface area contributed by atoms with Gasteiger partial charge in [0.15, 0.2) is 11.2 Å². The Morgan fingerprint density at radius 3 is 2.75 bits per heavy atom. The maximum atomic E-state index is 12.1. The first-order valence-electron chi connectivity index (χ1n) is 11.6. The van der Waals surface area contributed by atoms with Gasteiger partial charge in [-0.15, -0.1) is 5.10 Å². The van der Waals surface area contributed by atoms with Gasteiger partial charge in [0, 0.05) is 55.9 Å². The summed E-state index contributed by atoms with van der Waals surface area (Å²) in [6.45, 7) is 5.36. The summed E-state index contributed by atoms with van der Waals surface area (Å²) in [6.07, 6.45) is 4.30. The molecule has 0 aliphatic carbocycles. The molecule has 5 rings (SSSR count). The van der Waals surface area contributed by atoms with Gasteiger partial charge >= 0.3 is 0 Å². The number of sulfonamides is 1. The highest BCUT2D eigenvalue weighted by molar-refractivity contribution is 7.92. The SMILES string of the molecule is C[C@H]1CN(c2ccc(Nc3ncc4nnn(Cc5cccnc5N(C)S(C)(=O)=O)c4n3)cc2)CCN1. The predicted molar refractivity (Wildman–Crippen MR) is 139 cm³/mol. The molecule has 13 heteroatoms. The number of hydrogen-bond donors (Lipinski definition) is 2. The van der Waals surface area contributed by atoms with E-state index in [1.807, 2.05) is 12.1 Å². The molecule has 1 aliphatic rings. The number of anilines is 4. The minimum absolute atomic E-state index is 0.244. The summed E-state index contributed by atoms with van der Waals surface area (Å²) >= 11 is 0. The third-order valence-electron chi connectivity index (χ3n) is 6.10. The molecule has 0 unspecified atom stereocenters. The smallest absolute Gasteiger partial charge is 0.233 e. The fraction of sp³-hybridized carbons (Fsp3) is 0.348. The average molecular weight is 509 g/mol. The zero-order valence-electron chi connectivity index (χ0n) is 20.3. The van der Waals surface area contributed by atoms with Crippen molar-refractivity contribution in [2.75, 3.05) is 47.5 Å². The quantitative estimate of drug-likeness (QED) is 0.379. The molecule has 1 atom stereocenters. The third kappa shape index (κ3) is 5.06. The molecule has 1 aromatic carbocycles. The van der Waals surface area contributed by atoms with Gasteiger partial charge in [0.05, 0.1) is 19.0 Å². The molecule has 188 valence electrons. The van der Waals surface area contributed by atoms with E-state index in [1.165, 1.54) is 12.7 Å². The van der Waals surface area contributed by atoms with Crippen molar-refractivity contribution >= 4 is 44.3 Å². The number of nitrogens with one attached hydrogen (secondary N) is 2. The highest BCUT2D eigenvalue weighted by Crippen LogP contribution is 2.23. The molecule has 4 aromatic rings. The predicted octanol–water partition coefficient (Wildman–Crippen LogP) is 1.60. The second kappa shape index (κ2) is 9.66. The van der Waals surface area contributed by atoms with E-state index in [-0.39, 0.29) is 6.54 Å². The van der Waals surface area contributed by atoms with Gasteiger partial charge in [-0.1, -0.05) is 11.3 Å². The van der Waals surface area contributed by atoms with E-state index in [2.05, 4.69) is 59.9 Å². The van der Waals surface area contributed by atoms with Crippen LogP contribution >= 0.6 is 0 Å². The van der Waals surface area contributed by atoms with Gasteiger partial charge < -0.3 is 15.5 Å². The number of fused-ring (bicyclic) bond motifs is 1. The molecule has 2 N–H and O–H groups in total. The molecule has 36 heavy (non-hydrogen) atoms. The number of pyridine rings is 1. The van der Waals surface area contributed by atoms with Crippen LogP contribution in [0.1, 0.15) is 12.5 Å². The van der Waals surface area contributed by atoms with E-state index in [0.717, 1.165) is 35.9 Å². The number of aromatic nitrogens is 6. The van der Waals surface area contributed by atoms with E-state index >= 15 is 0 Å². The van der Waals surface area contributed by atoms with Gasteiger partial charge in [0.25, 0.3) is 0 Å². The molecule has 1 fully saturated rings. The summed E-state index contributed by atoms with van der Waals surface area (Å²) in [5.41, 5.74) is 3.77. The first-order chi connectivity index (χ1) is 17.3. The highest BCUT2D eigenvalue weighted by atomic mass is 32.2. The van der Waals surface area contributed by atoms with E-state index in [9.17, 15) is 8.42 Å². The van der Waals surface area contributed by atoms with Crippen molar-refractivity contribution in [3.63, 3.8) is 0 Å². The third-order valence-corrected chi connectivity index (χ3v) is 7.26. The molecular weight excluding hydrogens is 480 g/mol. The van der Waals surface area contributed by atoms with Gasteiger partial charge in [-0.2, -0.15) is 4.98 Å². The maximum absolute atomic E-state index is 12.1. The summed E-state index contributed by atoms with van der Waals surface area (Å²) in [5, 5.41) is 15.1. The lowest BCUT2D eigenvalue weighted by Crippen LogP contribution is -2.49. The Morgan fingerprint density at radius 2 is 2.00 bits per heavy atom. The number of nitrogens with zero attached hydrogens (tertiary/aromatic N) is 8. The Balaban J connectivity index is 1.36. The molecule has 0 saturated carbocycles. The number of hydrogen-bond acceptors (Lipinski definition) is 10. The van der Waals surface area contributed by atoms with E-state index in [1.54, 1.807) is 29.2 Å². The van der Waals surface area contributed by atoms with Crippen LogP contribution in [0.2, 0.25) is 0 Å². The first-order valence-corrected chi connectivity index (χ1v) is 13.4. The van der Waals surface area contributed by atoms with Crippen LogP contribution in [0, 0.1) is 0 Å². The lowest BCUT2D eigenvalue weighted by Gasteiger charge is -2.33. The second-order valence-corrected chi connectivity index (χ2v) is 10.9. The lowest BCUT2D eigenvalue weighted by atomic mass is 10.2. The number of rotatable bonds is 7. The second-order valence-electron chi connectivity index (χ2n) is 8.84. The summed E-state index contributed by atoms with van der Waals surface area (Å²) in [5.74, 6) is 0.740. The van der Waals surface area contributed by atoms with Crippen LogP contribution in [0.3, 0.4) is 0 Å². The van der Waals surface area contributed by atoms with E-state index < -0.39 is 10.0 Å². The fourth-order valence-corrected chi connectivity index (χ4v) is 4.62. The van der Waals surface area contributed by atoms with Crippen molar-refractivity contribution in [2.24, 2.45) is 0 Å².